The molecule has 0 bridgehead atoms. The fourth-order valence-corrected chi connectivity index (χ4v) is 2.88. The van der Waals surface area contributed by atoms with E-state index in [0.717, 1.165) is 12.5 Å². The van der Waals surface area contributed by atoms with Crippen molar-refractivity contribution in [3.63, 3.8) is 0 Å². The number of nitrogens with two attached hydrogens (primary N) is 1. The van der Waals surface area contributed by atoms with E-state index >= 15 is 0 Å². The van der Waals surface area contributed by atoms with E-state index in [4.69, 9.17) is 5.73 Å². The van der Waals surface area contributed by atoms with Gasteiger partial charge >= 0.3 is 0 Å². The van der Waals surface area contributed by atoms with Crippen LogP contribution < -0.4 is 5.73 Å². The molecule has 0 aromatic heterocycles. The first-order valence-electron chi connectivity index (χ1n) is 5.32. The van der Waals surface area contributed by atoms with Crippen molar-refractivity contribution in [1.29, 1.82) is 0 Å². The largest absolute Gasteiger partial charge is 0.338 e. The lowest BCUT2D eigenvalue weighted by atomic mass is 9.92. The van der Waals surface area contributed by atoms with E-state index in [1.54, 1.807) is 0 Å². The molecule has 1 aliphatic heterocycles. The summed E-state index contributed by atoms with van der Waals surface area (Å²) in [7, 11) is 0. The Morgan fingerprint density at radius 3 is 2.85 bits per heavy atom. The van der Waals surface area contributed by atoms with Crippen LogP contribution in [-0.4, -0.2) is 29.9 Å². The predicted molar refractivity (Wildman–Crippen MR) is 51.1 cm³/mol. The van der Waals surface area contributed by atoms with E-state index in [1.165, 1.54) is 32.1 Å². The molecule has 2 fully saturated rings. The van der Waals surface area contributed by atoms with Crippen LogP contribution in [0.4, 0.5) is 0 Å². The van der Waals surface area contributed by atoms with Crippen LogP contribution in [0.3, 0.4) is 0 Å². The van der Waals surface area contributed by atoms with Crippen molar-refractivity contribution in [1.82, 2.24) is 4.90 Å². The summed E-state index contributed by atoms with van der Waals surface area (Å²) < 4.78 is 0. The first-order valence-corrected chi connectivity index (χ1v) is 5.32. The number of rotatable bonds is 1. The third kappa shape index (κ3) is 1.57. The number of hydrogen-bond acceptors (Lipinski definition) is 2. The summed E-state index contributed by atoms with van der Waals surface area (Å²) in [5.41, 5.74) is 5.39. The minimum absolute atomic E-state index is 0.150. The number of fused-ring (bicyclic) bond motifs is 1. The third-order valence-corrected chi connectivity index (χ3v) is 3.49. The highest BCUT2D eigenvalue weighted by molar-refractivity contribution is 5.78. The molecule has 2 rings (SSSR count). The zero-order chi connectivity index (χ0) is 9.26. The van der Waals surface area contributed by atoms with Gasteiger partial charge in [-0.25, -0.2) is 0 Å². The van der Waals surface area contributed by atoms with Gasteiger partial charge in [0.1, 0.15) is 0 Å². The van der Waals surface area contributed by atoms with Gasteiger partial charge in [0.25, 0.3) is 0 Å². The van der Waals surface area contributed by atoms with Gasteiger partial charge in [-0.2, -0.15) is 0 Å². The van der Waals surface area contributed by atoms with Crippen LogP contribution in [0.1, 0.15) is 32.1 Å². The molecule has 13 heavy (non-hydrogen) atoms. The van der Waals surface area contributed by atoms with Crippen molar-refractivity contribution in [3.05, 3.63) is 0 Å². The monoisotopic (exact) mass is 182 g/mol. The van der Waals surface area contributed by atoms with Gasteiger partial charge in [0.15, 0.2) is 0 Å². The van der Waals surface area contributed by atoms with Crippen LogP contribution in [0.2, 0.25) is 0 Å². The Morgan fingerprint density at radius 1 is 1.31 bits per heavy atom. The quantitative estimate of drug-likeness (QED) is 0.650. The first kappa shape index (κ1) is 9.00. The molecule has 0 aromatic carbocycles. The number of likely N-dealkylation sites (tertiary alicyclic amines) is 1. The van der Waals surface area contributed by atoms with Gasteiger partial charge in [-0.05, 0) is 31.6 Å². The Kier molecular flexibility index (Phi) is 2.54. The van der Waals surface area contributed by atoms with Crippen molar-refractivity contribution < 1.29 is 4.79 Å². The number of hydrogen-bond donors (Lipinski definition) is 1. The van der Waals surface area contributed by atoms with E-state index in [1.807, 2.05) is 4.90 Å². The average molecular weight is 182 g/mol. The van der Waals surface area contributed by atoms with E-state index < -0.39 is 0 Å². The highest BCUT2D eigenvalue weighted by atomic mass is 16.2. The SMILES string of the molecule is NCC(=O)N1CCC[C@@H]2CCC[C@H]21. The van der Waals surface area contributed by atoms with Gasteiger partial charge in [-0.15, -0.1) is 0 Å². The summed E-state index contributed by atoms with van der Waals surface area (Å²) in [5, 5.41) is 0. The van der Waals surface area contributed by atoms with Gasteiger partial charge in [0.05, 0.1) is 6.54 Å². The van der Waals surface area contributed by atoms with Crippen molar-refractivity contribution in [2.75, 3.05) is 13.1 Å². The fraction of sp³-hybridized carbons (Fsp3) is 0.900. The highest BCUT2D eigenvalue weighted by Crippen LogP contribution is 2.36. The molecule has 0 unspecified atom stereocenters. The van der Waals surface area contributed by atoms with E-state index in [9.17, 15) is 4.79 Å². The lowest BCUT2D eigenvalue weighted by Gasteiger charge is -2.37. The van der Waals surface area contributed by atoms with Gasteiger partial charge in [-0.3, -0.25) is 4.79 Å². The van der Waals surface area contributed by atoms with Crippen LogP contribution in [-0.2, 0) is 4.79 Å². The average Bonchev–Trinajstić information content (AvgIpc) is 2.63. The minimum Gasteiger partial charge on any atom is -0.338 e. The molecule has 1 saturated carbocycles. The van der Waals surface area contributed by atoms with Crippen molar-refractivity contribution >= 4 is 5.91 Å². The molecule has 1 amide bonds. The third-order valence-electron chi connectivity index (χ3n) is 3.49. The summed E-state index contributed by atoms with van der Waals surface area (Å²) >= 11 is 0. The molecule has 2 N–H and O–H groups in total. The van der Waals surface area contributed by atoms with E-state index in [-0.39, 0.29) is 12.5 Å². The summed E-state index contributed by atoms with van der Waals surface area (Å²) in [5.74, 6) is 0.931. The molecular weight excluding hydrogens is 164 g/mol. The maximum atomic E-state index is 11.5. The fourth-order valence-electron chi connectivity index (χ4n) is 2.88. The summed E-state index contributed by atoms with van der Waals surface area (Å²) in [6, 6.07) is 0.532. The smallest absolute Gasteiger partial charge is 0.236 e. The predicted octanol–water partition coefficient (Wildman–Crippen LogP) is 0.736. The van der Waals surface area contributed by atoms with Crippen LogP contribution >= 0.6 is 0 Å². The molecule has 0 spiro atoms. The molecule has 3 heteroatoms. The number of amides is 1. The second kappa shape index (κ2) is 3.66. The lowest BCUT2D eigenvalue weighted by molar-refractivity contribution is -0.134. The minimum atomic E-state index is 0.150. The summed E-state index contributed by atoms with van der Waals surface area (Å²) in [6.45, 7) is 1.13. The molecule has 0 radical (unpaired) electrons. The Morgan fingerprint density at radius 2 is 2.08 bits per heavy atom. The maximum absolute atomic E-state index is 11.5. The van der Waals surface area contributed by atoms with Gasteiger partial charge in [-0.1, -0.05) is 6.42 Å². The normalized spacial score (nSPS) is 33.2. The lowest BCUT2D eigenvalue weighted by Crippen LogP contribution is -2.48. The number of nitrogens with zero attached hydrogens (tertiary/aromatic N) is 1. The second-order valence-corrected chi connectivity index (χ2v) is 4.19. The van der Waals surface area contributed by atoms with Crippen molar-refractivity contribution in [3.8, 4) is 0 Å². The van der Waals surface area contributed by atoms with Crippen molar-refractivity contribution in [2.24, 2.45) is 11.7 Å². The topological polar surface area (TPSA) is 46.3 Å². The number of carbonyl (C=O) groups excluding carboxylic acids is 1. The second-order valence-electron chi connectivity index (χ2n) is 4.19. The highest BCUT2D eigenvalue weighted by Gasteiger charge is 2.36. The molecule has 1 heterocycles. The number of piperidine rings is 1. The van der Waals surface area contributed by atoms with Crippen molar-refractivity contribution in [2.45, 2.75) is 38.1 Å². The van der Waals surface area contributed by atoms with E-state index in [2.05, 4.69) is 0 Å². The Balaban J connectivity index is 2.05. The Bertz CT molecular complexity index is 205. The summed E-state index contributed by atoms with van der Waals surface area (Å²) in [4.78, 5) is 13.5. The van der Waals surface area contributed by atoms with Gasteiger partial charge in [0, 0.05) is 12.6 Å². The zero-order valence-electron chi connectivity index (χ0n) is 8.04. The molecule has 3 nitrogen and oxygen atoms in total. The van der Waals surface area contributed by atoms with Gasteiger partial charge in [0.2, 0.25) is 5.91 Å². The van der Waals surface area contributed by atoms with Crippen LogP contribution in [0.15, 0.2) is 0 Å². The molecule has 2 aliphatic rings. The Labute approximate surface area is 79.3 Å². The standard InChI is InChI=1S/C10H18N2O/c11-7-10(13)12-6-2-4-8-3-1-5-9(8)12/h8-9H,1-7,11H2/t8-,9+/m0/s1. The van der Waals surface area contributed by atoms with E-state index in [0.29, 0.717) is 6.04 Å². The van der Waals surface area contributed by atoms with Crippen LogP contribution in [0.25, 0.3) is 0 Å². The molecular formula is C10H18N2O. The molecule has 74 valence electrons. The van der Waals surface area contributed by atoms with Crippen LogP contribution in [0.5, 0.6) is 0 Å². The summed E-state index contributed by atoms with van der Waals surface area (Å²) in [6.07, 6.45) is 6.31. The zero-order valence-corrected chi connectivity index (χ0v) is 8.04. The molecule has 2 atom stereocenters. The molecule has 1 saturated heterocycles. The number of carbonyl (C=O) groups is 1. The first-order chi connectivity index (χ1) is 6.33. The van der Waals surface area contributed by atoms with Crippen LogP contribution in [0, 0.1) is 5.92 Å². The molecule has 0 aromatic rings. The maximum Gasteiger partial charge on any atom is 0.236 e. The molecule has 1 aliphatic carbocycles. The van der Waals surface area contributed by atoms with Gasteiger partial charge < -0.3 is 10.6 Å². The Hall–Kier alpha value is -0.570.